The molecular weight excluding hydrogens is 304 g/mol. The van der Waals surface area contributed by atoms with Gasteiger partial charge >= 0.3 is 6.03 Å². The average Bonchev–Trinajstić information content (AvgIpc) is 2.54. The highest BCUT2D eigenvalue weighted by molar-refractivity contribution is 6.03. The molecule has 0 aliphatic carbocycles. The fraction of sp³-hybridized carbons (Fsp3) is 0.556. The van der Waals surface area contributed by atoms with Crippen LogP contribution >= 0.6 is 0 Å². The molecule has 1 saturated heterocycles. The summed E-state index contributed by atoms with van der Waals surface area (Å²) in [6, 6.07) is 6.92. The molecule has 0 bridgehead atoms. The summed E-state index contributed by atoms with van der Waals surface area (Å²) in [7, 11) is 0. The maximum atomic E-state index is 12.9. The Hall–Kier alpha value is -2.08. The van der Waals surface area contributed by atoms with Crippen LogP contribution < -0.4 is 16.4 Å². The minimum absolute atomic E-state index is 0.0294. The van der Waals surface area contributed by atoms with Gasteiger partial charge in [-0.15, -0.1) is 0 Å². The third-order valence-electron chi connectivity index (χ3n) is 4.31. The number of nitrogens with one attached hydrogen (secondary N) is 2. The first-order chi connectivity index (χ1) is 11.4. The molecule has 6 heteroatoms. The third kappa shape index (κ3) is 4.71. The second-order valence-corrected chi connectivity index (χ2v) is 6.81. The first-order valence-electron chi connectivity index (χ1n) is 8.60. The highest BCUT2D eigenvalue weighted by Crippen LogP contribution is 2.23. The van der Waals surface area contributed by atoms with Crippen molar-refractivity contribution in [1.82, 2.24) is 10.2 Å². The lowest BCUT2D eigenvalue weighted by atomic mass is 9.92. The molecule has 1 aliphatic heterocycles. The Bertz CT molecular complexity index is 586. The number of piperidine rings is 1. The summed E-state index contributed by atoms with van der Waals surface area (Å²) in [6.45, 7) is 7.17. The second-order valence-electron chi connectivity index (χ2n) is 6.81. The van der Waals surface area contributed by atoms with E-state index in [1.54, 1.807) is 12.1 Å². The molecule has 2 atom stereocenters. The molecule has 3 amide bonds. The largest absolute Gasteiger partial charge is 0.338 e. The summed E-state index contributed by atoms with van der Waals surface area (Å²) in [5, 5.41) is 5.54. The van der Waals surface area contributed by atoms with Crippen LogP contribution in [0, 0.1) is 5.92 Å². The lowest BCUT2D eigenvalue weighted by molar-refractivity contribution is 0.0662. The van der Waals surface area contributed by atoms with Crippen LogP contribution in [0.15, 0.2) is 24.3 Å². The number of para-hydroxylation sites is 1. The molecule has 1 aromatic rings. The van der Waals surface area contributed by atoms with Gasteiger partial charge in [0.2, 0.25) is 0 Å². The van der Waals surface area contributed by atoms with Crippen LogP contribution in [0.1, 0.15) is 44.0 Å². The van der Waals surface area contributed by atoms with Crippen molar-refractivity contribution >= 4 is 17.6 Å². The van der Waals surface area contributed by atoms with Crippen LogP contribution in [0.5, 0.6) is 0 Å². The van der Waals surface area contributed by atoms with E-state index in [9.17, 15) is 9.59 Å². The van der Waals surface area contributed by atoms with Gasteiger partial charge in [-0.05, 0) is 51.7 Å². The Kier molecular flexibility index (Phi) is 6.20. The van der Waals surface area contributed by atoms with E-state index in [1.807, 2.05) is 37.8 Å². The number of rotatable bonds is 4. The van der Waals surface area contributed by atoms with E-state index in [2.05, 4.69) is 10.6 Å². The summed E-state index contributed by atoms with van der Waals surface area (Å²) < 4.78 is 0. The van der Waals surface area contributed by atoms with E-state index >= 15 is 0 Å². The fourth-order valence-corrected chi connectivity index (χ4v) is 2.99. The third-order valence-corrected chi connectivity index (χ3v) is 4.31. The average molecular weight is 332 g/mol. The van der Waals surface area contributed by atoms with Gasteiger partial charge in [0.1, 0.15) is 0 Å². The van der Waals surface area contributed by atoms with Gasteiger partial charge < -0.3 is 21.3 Å². The molecule has 1 fully saturated rings. The topological polar surface area (TPSA) is 87.5 Å². The first kappa shape index (κ1) is 18.3. The maximum absolute atomic E-state index is 12.9. The number of carbonyl (C=O) groups excluding carboxylic acids is 2. The van der Waals surface area contributed by atoms with Gasteiger partial charge in [-0.1, -0.05) is 12.1 Å². The van der Waals surface area contributed by atoms with E-state index in [-0.39, 0.29) is 24.0 Å². The van der Waals surface area contributed by atoms with Gasteiger partial charge in [-0.3, -0.25) is 4.79 Å². The molecule has 0 spiro atoms. The molecule has 6 nitrogen and oxygen atoms in total. The molecule has 24 heavy (non-hydrogen) atoms. The summed E-state index contributed by atoms with van der Waals surface area (Å²) in [5.41, 5.74) is 7.05. The number of hydrogen-bond acceptors (Lipinski definition) is 3. The Labute approximate surface area is 143 Å². The van der Waals surface area contributed by atoms with Crippen molar-refractivity contribution in [2.75, 3.05) is 18.4 Å². The highest BCUT2D eigenvalue weighted by Gasteiger charge is 2.27. The van der Waals surface area contributed by atoms with Crippen molar-refractivity contribution in [3.8, 4) is 0 Å². The van der Waals surface area contributed by atoms with Crippen molar-refractivity contribution in [3.05, 3.63) is 29.8 Å². The normalized spacial score (nSPS) is 19.0. The highest BCUT2D eigenvalue weighted by atomic mass is 16.2. The summed E-state index contributed by atoms with van der Waals surface area (Å²) in [5.74, 6) is 0.271. The number of amides is 3. The van der Waals surface area contributed by atoms with Gasteiger partial charge in [-0.25, -0.2) is 4.79 Å². The number of anilines is 1. The van der Waals surface area contributed by atoms with Crippen LogP contribution in [0.4, 0.5) is 10.5 Å². The molecular formula is C18H28N4O2. The fourth-order valence-electron chi connectivity index (χ4n) is 2.99. The quantitative estimate of drug-likeness (QED) is 0.791. The molecule has 1 aromatic carbocycles. The summed E-state index contributed by atoms with van der Waals surface area (Å²) in [4.78, 5) is 26.7. The predicted molar refractivity (Wildman–Crippen MR) is 96.0 cm³/mol. The van der Waals surface area contributed by atoms with E-state index in [1.165, 1.54) is 0 Å². The van der Waals surface area contributed by atoms with E-state index in [0.29, 0.717) is 23.7 Å². The molecule has 4 N–H and O–H groups in total. The standard InChI is InChI=1S/C18H28N4O2/c1-12(2)20-18(24)21-16-9-5-4-8-15(16)17(23)22-10-6-7-14(11-22)13(3)19/h4-5,8-9,12-14H,6-7,10-11,19H2,1-3H3,(H2,20,21,24). The number of benzene rings is 1. The Morgan fingerprint density at radius 2 is 1.96 bits per heavy atom. The molecule has 2 unspecified atom stereocenters. The van der Waals surface area contributed by atoms with E-state index in [4.69, 9.17) is 5.73 Å². The Morgan fingerprint density at radius 1 is 1.25 bits per heavy atom. The number of urea groups is 1. The monoisotopic (exact) mass is 332 g/mol. The number of likely N-dealkylation sites (tertiary alicyclic amines) is 1. The number of carbonyl (C=O) groups is 2. The molecule has 0 saturated carbocycles. The summed E-state index contributed by atoms with van der Waals surface area (Å²) >= 11 is 0. The predicted octanol–water partition coefficient (Wildman–Crippen LogP) is 2.42. The van der Waals surface area contributed by atoms with Crippen molar-refractivity contribution in [3.63, 3.8) is 0 Å². The van der Waals surface area contributed by atoms with Crippen LogP contribution in [-0.4, -0.2) is 42.0 Å². The smallest absolute Gasteiger partial charge is 0.319 e. The van der Waals surface area contributed by atoms with Crippen molar-refractivity contribution in [2.45, 2.75) is 45.7 Å². The lowest BCUT2D eigenvalue weighted by Crippen LogP contribution is -2.45. The first-order valence-corrected chi connectivity index (χ1v) is 8.60. The van der Waals surface area contributed by atoms with Crippen molar-refractivity contribution < 1.29 is 9.59 Å². The maximum Gasteiger partial charge on any atom is 0.319 e. The van der Waals surface area contributed by atoms with Crippen LogP contribution in [0.2, 0.25) is 0 Å². The minimum atomic E-state index is -0.308. The van der Waals surface area contributed by atoms with Crippen LogP contribution in [-0.2, 0) is 0 Å². The Morgan fingerprint density at radius 3 is 2.62 bits per heavy atom. The zero-order valence-corrected chi connectivity index (χ0v) is 14.7. The lowest BCUT2D eigenvalue weighted by Gasteiger charge is -2.35. The zero-order valence-electron chi connectivity index (χ0n) is 14.7. The summed E-state index contributed by atoms with van der Waals surface area (Å²) in [6.07, 6.45) is 2.01. The molecule has 0 aromatic heterocycles. The number of nitrogens with two attached hydrogens (primary N) is 1. The van der Waals surface area contributed by atoms with E-state index < -0.39 is 0 Å². The molecule has 2 rings (SSSR count). The van der Waals surface area contributed by atoms with Crippen LogP contribution in [0.25, 0.3) is 0 Å². The van der Waals surface area contributed by atoms with Crippen molar-refractivity contribution in [1.29, 1.82) is 0 Å². The van der Waals surface area contributed by atoms with Gasteiger partial charge in [0.05, 0.1) is 11.3 Å². The van der Waals surface area contributed by atoms with Gasteiger partial charge in [0.15, 0.2) is 0 Å². The minimum Gasteiger partial charge on any atom is -0.338 e. The molecule has 0 radical (unpaired) electrons. The van der Waals surface area contributed by atoms with Gasteiger partial charge in [0, 0.05) is 25.2 Å². The number of hydrogen-bond donors (Lipinski definition) is 3. The van der Waals surface area contributed by atoms with E-state index in [0.717, 1.165) is 19.4 Å². The molecule has 1 heterocycles. The van der Waals surface area contributed by atoms with Gasteiger partial charge in [-0.2, -0.15) is 0 Å². The SMILES string of the molecule is CC(C)NC(=O)Nc1ccccc1C(=O)N1CCCC(C(C)N)C1. The van der Waals surface area contributed by atoms with Crippen LogP contribution in [0.3, 0.4) is 0 Å². The van der Waals surface area contributed by atoms with Gasteiger partial charge in [0.25, 0.3) is 5.91 Å². The molecule has 132 valence electrons. The second kappa shape index (κ2) is 8.15. The molecule has 1 aliphatic rings. The Balaban J connectivity index is 2.13. The zero-order chi connectivity index (χ0) is 17.7. The van der Waals surface area contributed by atoms with Crippen molar-refractivity contribution in [2.24, 2.45) is 11.7 Å². The number of nitrogens with zero attached hydrogens (tertiary/aromatic N) is 1.